The minimum absolute atomic E-state index is 0.0592. The second kappa shape index (κ2) is 6.87. The van der Waals surface area contributed by atoms with Gasteiger partial charge >= 0.3 is 5.97 Å². The van der Waals surface area contributed by atoms with Crippen molar-refractivity contribution in [2.24, 2.45) is 7.05 Å². The van der Waals surface area contributed by atoms with Gasteiger partial charge in [0, 0.05) is 24.4 Å². The molecule has 7 nitrogen and oxygen atoms in total. The van der Waals surface area contributed by atoms with Crippen LogP contribution in [0.3, 0.4) is 0 Å². The van der Waals surface area contributed by atoms with Gasteiger partial charge in [-0.2, -0.15) is 5.10 Å². The molecule has 2 heterocycles. The molecule has 0 radical (unpaired) electrons. The Morgan fingerprint density at radius 1 is 1.39 bits per heavy atom. The molecular weight excluding hydrogens is 320 g/mol. The lowest BCUT2D eigenvalue weighted by atomic mass is 10.1. The third-order valence-electron chi connectivity index (χ3n) is 3.67. The fourth-order valence-electron chi connectivity index (χ4n) is 2.26. The molecule has 23 heavy (non-hydrogen) atoms. The summed E-state index contributed by atoms with van der Waals surface area (Å²) in [5, 5.41) is 4.74. The number of carbonyl (C=O) groups excluding carboxylic acids is 1. The van der Waals surface area contributed by atoms with Crippen molar-refractivity contribution in [3.63, 3.8) is 0 Å². The molecule has 0 saturated carbocycles. The molecular formula is C15H19ClN4O3. The summed E-state index contributed by atoms with van der Waals surface area (Å²) in [5.41, 5.74) is 5.47. The fourth-order valence-corrected chi connectivity index (χ4v) is 2.51. The highest BCUT2D eigenvalue weighted by Crippen LogP contribution is 2.18. The monoisotopic (exact) mass is 338 g/mol. The number of hydrogen-bond acceptors (Lipinski definition) is 5. The zero-order valence-corrected chi connectivity index (χ0v) is 14.3. The lowest BCUT2D eigenvalue weighted by molar-refractivity contribution is -0.139. The van der Waals surface area contributed by atoms with Crippen LogP contribution in [0, 0.1) is 13.8 Å². The van der Waals surface area contributed by atoms with Crippen LogP contribution in [0.15, 0.2) is 17.1 Å². The Hall–Kier alpha value is -2.28. The number of rotatable bonds is 5. The first-order valence-electron chi connectivity index (χ1n) is 7.05. The quantitative estimate of drug-likeness (QED) is 0.832. The third-order valence-corrected chi connectivity index (χ3v) is 4.14. The first-order chi connectivity index (χ1) is 10.8. The van der Waals surface area contributed by atoms with Crippen LogP contribution in [0.4, 0.5) is 0 Å². The molecule has 1 N–H and O–H groups in total. The number of nitrogens with one attached hydrogen (secondary N) is 1. The summed E-state index contributed by atoms with van der Waals surface area (Å²) >= 11 is 6.18. The first kappa shape index (κ1) is 17.1. The Bertz CT molecular complexity index is 795. The highest BCUT2D eigenvalue weighted by atomic mass is 35.5. The highest BCUT2D eigenvalue weighted by Gasteiger charge is 2.14. The lowest BCUT2D eigenvalue weighted by Crippen LogP contribution is -2.32. The maximum Gasteiger partial charge on any atom is 0.310 e. The molecule has 0 amide bonds. The molecule has 0 aromatic carbocycles. The average Bonchev–Trinajstić information content (AvgIpc) is 2.76. The first-order valence-corrected chi connectivity index (χ1v) is 7.42. The van der Waals surface area contributed by atoms with Gasteiger partial charge in [-0.1, -0.05) is 11.6 Å². The minimum Gasteiger partial charge on any atom is -0.469 e. The number of ether oxygens (including phenoxy) is 1. The third kappa shape index (κ3) is 3.56. The molecule has 0 aliphatic rings. The van der Waals surface area contributed by atoms with E-state index in [1.165, 1.54) is 11.8 Å². The number of aromatic nitrogens is 3. The Balaban J connectivity index is 2.25. The van der Waals surface area contributed by atoms with E-state index in [-0.39, 0.29) is 12.0 Å². The van der Waals surface area contributed by atoms with Crippen LogP contribution in [0.1, 0.15) is 22.4 Å². The maximum atomic E-state index is 12.5. The Morgan fingerprint density at radius 3 is 2.65 bits per heavy atom. The van der Waals surface area contributed by atoms with Gasteiger partial charge in [0.05, 0.1) is 25.8 Å². The van der Waals surface area contributed by atoms with Crippen LogP contribution in [-0.2, 0) is 29.5 Å². The molecule has 2 aromatic heterocycles. The van der Waals surface area contributed by atoms with E-state index < -0.39 is 5.97 Å². The van der Waals surface area contributed by atoms with Gasteiger partial charge in [-0.25, -0.2) is 4.68 Å². The largest absolute Gasteiger partial charge is 0.469 e. The smallest absolute Gasteiger partial charge is 0.310 e. The zero-order valence-electron chi connectivity index (χ0n) is 13.5. The average molecular weight is 339 g/mol. The van der Waals surface area contributed by atoms with Crippen LogP contribution in [0.25, 0.3) is 0 Å². The molecule has 0 spiro atoms. The van der Waals surface area contributed by atoms with E-state index in [4.69, 9.17) is 11.6 Å². The van der Waals surface area contributed by atoms with E-state index in [0.717, 1.165) is 16.8 Å². The Kier molecular flexibility index (Phi) is 5.10. The molecule has 2 aromatic rings. The number of carbonyl (C=O) groups is 1. The van der Waals surface area contributed by atoms with Crippen molar-refractivity contribution < 1.29 is 9.53 Å². The van der Waals surface area contributed by atoms with E-state index >= 15 is 0 Å². The molecule has 0 bridgehead atoms. The molecule has 0 saturated heterocycles. The molecule has 0 atom stereocenters. The lowest BCUT2D eigenvalue weighted by Gasteiger charge is -2.12. The van der Waals surface area contributed by atoms with Crippen molar-refractivity contribution in [3.8, 4) is 0 Å². The summed E-state index contributed by atoms with van der Waals surface area (Å²) < 4.78 is 7.55. The van der Waals surface area contributed by atoms with Crippen LogP contribution in [0.5, 0.6) is 0 Å². The van der Waals surface area contributed by atoms with Crippen LogP contribution in [0.2, 0.25) is 5.15 Å². The van der Waals surface area contributed by atoms with E-state index in [1.54, 1.807) is 30.9 Å². The number of methoxy groups -OCH3 is 1. The summed E-state index contributed by atoms with van der Waals surface area (Å²) in [4.78, 5) is 23.9. The summed E-state index contributed by atoms with van der Waals surface area (Å²) in [7, 11) is 3.05. The Labute approximate surface area is 138 Å². The van der Waals surface area contributed by atoms with Gasteiger partial charge < -0.3 is 10.2 Å². The van der Waals surface area contributed by atoms with Gasteiger partial charge in [0.2, 0.25) is 0 Å². The summed E-state index contributed by atoms with van der Waals surface area (Å²) in [5.74, 6) is -0.450. The van der Waals surface area contributed by atoms with Crippen molar-refractivity contribution in [1.82, 2.24) is 14.5 Å². The molecule has 124 valence electrons. The van der Waals surface area contributed by atoms with Gasteiger partial charge in [-0.3, -0.25) is 14.3 Å². The van der Waals surface area contributed by atoms with Gasteiger partial charge in [0.25, 0.3) is 5.56 Å². The van der Waals surface area contributed by atoms with Crippen LogP contribution >= 0.6 is 11.6 Å². The second-order valence-electron chi connectivity index (χ2n) is 5.22. The van der Waals surface area contributed by atoms with Crippen molar-refractivity contribution in [2.45, 2.75) is 26.8 Å². The molecule has 0 fully saturated rings. The normalized spacial score (nSPS) is 10.7. The Morgan fingerprint density at radius 2 is 2.09 bits per heavy atom. The van der Waals surface area contributed by atoms with E-state index in [0.29, 0.717) is 17.3 Å². The van der Waals surface area contributed by atoms with Gasteiger partial charge in [0.1, 0.15) is 5.15 Å². The van der Waals surface area contributed by atoms with E-state index in [9.17, 15) is 9.59 Å². The van der Waals surface area contributed by atoms with Crippen molar-refractivity contribution in [3.05, 3.63) is 50.2 Å². The predicted molar refractivity (Wildman–Crippen MR) is 87.2 cm³/mol. The number of hydrogen-bond donors (Lipinski definition) is 1. The van der Waals surface area contributed by atoms with Crippen LogP contribution in [-0.4, -0.2) is 27.5 Å². The summed E-state index contributed by atoms with van der Waals surface area (Å²) in [6, 6.07) is 1.77. The van der Waals surface area contributed by atoms with Crippen molar-refractivity contribution in [2.75, 3.05) is 12.5 Å². The van der Waals surface area contributed by atoms with Gasteiger partial charge in [-0.05, 0) is 25.5 Å². The number of pyridine rings is 1. The van der Waals surface area contributed by atoms with Gasteiger partial charge in [-0.15, -0.1) is 0 Å². The zero-order chi connectivity index (χ0) is 17.1. The van der Waals surface area contributed by atoms with E-state index in [2.05, 4.69) is 15.3 Å². The number of aryl methyl sites for hydroxylation is 3. The molecule has 2 rings (SSSR count). The topological polar surface area (TPSA) is 78.2 Å². The number of esters is 1. The minimum atomic E-state index is -0.450. The standard InChI is InChI=1S/C15H19ClN4O3/c1-9-5-6-20(15(22)11(9)7-13(21)23-4)17-8-12-10(2)18-19(3)14(12)16/h5-6,17H,7-8H2,1-4H3. The number of halogens is 1. The summed E-state index contributed by atoms with van der Waals surface area (Å²) in [6.07, 6.45) is 1.56. The highest BCUT2D eigenvalue weighted by molar-refractivity contribution is 6.30. The fraction of sp³-hybridized carbons (Fsp3) is 0.400. The van der Waals surface area contributed by atoms with Gasteiger partial charge in [0.15, 0.2) is 0 Å². The molecule has 0 aliphatic heterocycles. The molecule has 0 unspecified atom stereocenters. The van der Waals surface area contributed by atoms with Crippen molar-refractivity contribution in [1.29, 1.82) is 0 Å². The second-order valence-corrected chi connectivity index (χ2v) is 5.58. The summed E-state index contributed by atoms with van der Waals surface area (Å²) in [6.45, 7) is 3.98. The number of nitrogens with zero attached hydrogens (tertiary/aromatic N) is 3. The van der Waals surface area contributed by atoms with Crippen molar-refractivity contribution >= 4 is 17.6 Å². The maximum absolute atomic E-state index is 12.5. The van der Waals surface area contributed by atoms with E-state index in [1.807, 2.05) is 6.92 Å². The SMILES string of the molecule is COC(=O)Cc1c(C)ccn(NCc2c(C)nn(C)c2Cl)c1=O. The van der Waals surface area contributed by atoms with Crippen LogP contribution < -0.4 is 11.0 Å². The predicted octanol–water partition coefficient (Wildman–Crippen LogP) is 1.31. The molecule has 0 aliphatic carbocycles. The molecule has 8 heteroatoms.